The molecular weight excluding hydrogens is 316 g/mol. The van der Waals surface area contributed by atoms with Gasteiger partial charge in [-0.15, -0.1) is 0 Å². The van der Waals surface area contributed by atoms with Gasteiger partial charge in [0.25, 0.3) is 0 Å². The van der Waals surface area contributed by atoms with Gasteiger partial charge in [-0.05, 0) is 38.2 Å². The van der Waals surface area contributed by atoms with E-state index >= 15 is 0 Å². The van der Waals surface area contributed by atoms with E-state index in [0.29, 0.717) is 19.3 Å². The quantitative estimate of drug-likeness (QED) is 0.529. The van der Waals surface area contributed by atoms with E-state index in [1.54, 1.807) is 6.08 Å². The first-order chi connectivity index (χ1) is 11.2. The number of hydrogen-bond acceptors (Lipinski definition) is 6. The Morgan fingerprint density at radius 2 is 1.62 bits per heavy atom. The molecule has 2 aliphatic rings. The third-order valence-electron chi connectivity index (χ3n) is 4.25. The van der Waals surface area contributed by atoms with E-state index < -0.39 is 24.0 Å². The Labute approximate surface area is 139 Å². The zero-order valence-electron chi connectivity index (χ0n) is 13.4. The highest BCUT2D eigenvalue weighted by molar-refractivity contribution is 5.94. The van der Waals surface area contributed by atoms with Gasteiger partial charge in [-0.2, -0.15) is 0 Å². The Kier molecular flexibility index (Phi) is 7.73. The van der Waals surface area contributed by atoms with Crippen LogP contribution in [-0.2, 0) is 19.2 Å². The summed E-state index contributed by atoms with van der Waals surface area (Å²) in [4.78, 5) is 42.8. The summed E-state index contributed by atoms with van der Waals surface area (Å²) in [7, 11) is 0. The van der Waals surface area contributed by atoms with Crippen molar-refractivity contribution in [1.82, 2.24) is 0 Å². The Hall–Kier alpha value is -2.06. The molecule has 1 saturated carbocycles. The largest absolute Gasteiger partial charge is 0.480 e. The maximum atomic E-state index is 11.1. The number of ketones is 2. The second-order valence-electron chi connectivity index (χ2n) is 6.15. The number of rotatable bonds is 6. The van der Waals surface area contributed by atoms with Gasteiger partial charge in [0.05, 0.1) is 0 Å². The third kappa shape index (κ3) is 6.21. The fraction of sp³-hybridized carbons (Fsp3) is 0.625. The summed E-state index contributed by atoms with van der Waals surface area (Å²) in [5.74, 6) is -2.21. The molecule has 4 unspecified atom stereocenters. The fourth-order valence-corrected chi connectivity index (χ4v) is 2.76. The highest BCUT2D eigenvalue weighted by atomic mass is 16.4. The van der Waals surface area contributed by atoms with Crippen molar-refractivity contribution in [3.63, 3.8) is 0 Å². The lowest BCUT2D eigenvalue weighted by Gasteiger charge is -2.10. The van der Waals surface area contributed by atoms with Gasteiger partial charge in [-0.3, -0.25) is 19.2 Å². The smallest absolute Gasteiger partial charge is 0.320 e. The van der Waals surface area contributed by atoms with E-state index in [0.717, 1.165) is 12.8 Å². The van der Waals surface area contributed by atoms with Crippen LogP contribution in [0, 0.1) is 11.8 Å². The van der Waals surface area contributed by atoms with Gasteiger partial charge in [0.15, 0.2) is 5.78 Å². The molecule has 0 heterocycles. The van der Waals surface area contributed by atoms with E-state index in [2.05, 4.69) is 0 Å². The van der Waals surface area contributed by atoms with Crippen LogP contribution in [0.5, 0.6) is 0 Å². The first-order valence-corrected chi connectivity index (χ1v) is 7.92. The van der Waals surface area contributed by atoms with Gasteiger partial charge in [0, 0.05) is 18.3 Å². The molecule has 1 fully saturated rings. The van der Waals surface area contributed by atoms with Crippen LogP contribution < -0.4 is 11.5 Å². The summed E-state index contributed by atoms with van der Waals surface area (Å²) >= 11 is 0. The lowest BCUT2D eigenvalue weighted by Crippen LogP contribution is -2.33. The number of carboxylic acids is 2. The van der Waals surface area contributed by atoms with Crippen LogP contribution in [0.2, 0.25) is 0 Å². The molecule has 24 heavy (non-hydrogen) atoms. The molecule has 134 valence electrons. The molecule has 0 aromatic heterocycles. The molecule has 0 saturated heterocycles. The zero-order chi connectivity index (χ0) is 18.3. The minimum atomic E-state index is -1.05. The Morgan fingerprint density at radius 3 is 2.00 bits per heavy atom. The Bertz CT molecular complexity index is 511. The van der Waals surface area contributed by atoms with E-state index in [1.165, 1.54) is 6.08 Å². The maximum Gasteiger partial charge on any atom is 0.320 e. The molecule has 2 aliphatic carbocycles. The van der Waals surface area contributed by atoms with Crippen molar-refractivity contribution < 1.29 is 29.4 Å². The van der Waals surface area contributed by atoms with Crippen LogP contribution in [0.15, 0.2) is 12.2 Å². The van der Waals surface area contributed by atoms with Crippen LogP contribution in [0.1, 0.15) is 38.5 Å². The summed E-state index contributed by atoms with van der Waals surface area (Å²) < 4.78 is 0. The molecule has 4 atom stereocenters. The van der Waals surface area contributed by atoms with Crippen LogP contribution in [0.3, 0.4) is 0 Å². The summed E-state index contributed by atoms with van der Waals surface area (Å²) in [5, 5.41) is 17.0. The second kappa shape index (κ2) is 9.29. The van der Waals surface area contributed by atoms with Crippen molar-refractivity contribution >= 4 is 23.5 Å². The molecule has 0 radical (unpaired) electrons. The average Bonchev–Trinajstić information content (AvgIpc) is 3.09. The monoisotopic (exact) mass is 340 g/mol. The van der Waals surface area contributed by atoms with Gasteiger partial charge in [0.1, 0.15) is 17.9 Å². The molecule has 2 rings (SSSR count). The topological polar surface area (TPSA) is 161 Å². The molecule has 0 aromatic carbocycles. The second-order valence-corrected chi connectivity index (χ2v) is 6.15. The predicted molar refractivity (Wildman–Crippen MR) is 85.1 cm³/mol. The molecule has 0 bridgehead atoms. The van der Waals surface area contributed by atoms with Crippen LogP contribution in [0.4, 0.5) is 0 Å². The van der Waals surface area contributed by atoms with Gasteiger partial charge >= 0.3 is 11.9 Å². The summed E-state index contributed by atoms with van der Waals surface area (Å²) in [6, 6.07) is -1.80. The third-order valence-corrected chi connectivity index (χ3v) is 4.25. The van der Waals surface area contributed by atoms with Crippen molar-refractivity contribution in [2.75, 3.05) is 0 Å². The lowest BCUT2D eigenvalue weighted by atomic mass is 9.97. The molecule has 0 amide bonds. The van der Waals surface area contributed by atoms with E-state index in [1.807, 2.05) is 0 Å². The molecular formula is C16H24N2O6. The van der Waals surface area contributed by atoms with Crippen molar-refractivity contribution in [3.05, 3.63) is 12.2 Å². The van der Waals surface area contributed by atoms with Crippen molar-refractivity contribution in [1.29, 1.82) is 0 Å². The van der Waals surface area contributed by atoms with E-state index in [4.69, 9.17) is 21.7 Å². The summed E-state index contributed by atoms with van der Waals surface area (Å²) in [6.07, 6.45) is 6.68. The first-order valence-electron chi connectivity index (χ1n) is 7.92. The summed E-state index contributed by atoms with van der Waals surface area (Å²) in [6.45, 7) is 0. The van der Waals surface area contributed by atoms with Gasteiger partial charge in [0.2, 0.25) is 0 Å². The van der Waals surface area contributed by atoms with Gasteiger partial charge < -0.3 is 21.7 Å². The number of allylic oxidation sites excluding steroid dienone is 2. The fourth-order valence-electron chi connectivity index (χ4n) is 2.76. The molecule has 0 aromatic rings. The molecule has 6 N–H and O–H groups in total. The van der Waals surface area contributed by atoms with Gasteiger partial charge in [-0.25, -0.2) is 0 Å². The highest BCUT2D eigenvalue weighted by Crippen LogP contribution is 2.25. The molecule has 8 heteroatoms. The van der Waals surface area contributed by atoms with Crippen LogP contribution in [0.25, 0.3) is 0 Å². The maximum absolute atomic E-state index is 11.1. The standard InChI is InChI=1S/C8H13NO3.C8H11NO3/c2*9-6(8(11)12)4-5-2-1-3-7(5)10/h5-6H,1-4,9H2,(H,11,12);1,3,5-6H,2,4,9H2,(H,11,12). The minimum absolute atomic E-state index is 0.00769. The molecule has 0 spiro atoms. The minimum Gasteiger partial charge on any atom is -0.480 e. The lowest BCUT2D eigenvalue weighted by molar-refractivity contribution is -0.140. The predicted octanol–water partition coefficient (Wildman–Crippen LogP) is 0.0912. The van der Waals surface area contributed by atoms with Crippen molar-refractivity contribution in [2.45, 2.75) is 50.6 Å². The van der Waals surface area contributed by atoms with Crippen LogP contribution >= 0.6 is 0 Å². The number of aliphatic carboxylic acids is 2. The zero-order valence-corrected chi connectivity index (χ0v) is 13.4. The Morgan fingerprint density at radius 1 is 1.08 bits per heavy atom. The number of carbonyl (C=O) groups excluding carboxylic acids is 2. The Balaban J connectivity index is 0.000000240. The number of hydrogen-bond donors (Lipinski definition) is 4. The number of nitrogens with two attached hydrogens (primary N) is 2. The number of carboxylic acid groups (broad SMARTS) is 2. The van der Waals surface area contributed by atoms with Crippen molar-refractivity contribution in [2.24, 2.45) is 23.3 Å². The van der Waals surface area contributed by atoms with E-state index in [-0.39, 0.29) is 29.8 Å². The highest BCUT2D eigenvalue weighted by Gasteiger charge is 2.28. The molecule has 0 aliphatic heterocycles. The average molecular weight is 340 g/mol. The SMILES string of the molecule is NC(CC1CC=CC1=O)C(=O)O.NC(CC1CCCC1=O)C(=O)O. The summed E-state index contributed by atoms with van der Waals surface area (Å²) in [5.41, 5.74) is 10.6. The van der Waals surface area contributed by atoms with E-state index in [9.17, 15) is 19.2 Å². The van der Waals surface area contributed by atoms with Crippen LogP contribution in [-0.4, -0.2) is 45.8 Å². The van der Waals surface area contributed by atoms with Gasteiger partial charge in [-0.1, -0.05) is 6.08 Å². The number of carbonyl (C=O) groups is 4. The molecule has 8 nitrogen and oxygen atoms in total. The van der Waals surface area contributed by atoms with Crippen molar-refractivity contribution in [3.8, 4) is 0 Å². The first kappa shape index (κ1) is 20.0. The normalized spacial score (nSPS) is 25.1. The number of Topliss-reactive ketones (excluding diaryl/α,β-unsaturated/α-hetero) is 1.